The molecule has 2 heterocycles. The lowest BCUT2D eigenvalue weighted by Crippen LogP contribution is -2.20. The molecule has 4 rings (SSSR count). The van der Waals surface area contributed by atoms with Crippen LogP contribution in [0.4, 0.5) is 20.3 Å². The van der Waals surface area contributed by atoms with Crippen molar-refractivity contribution in [2.75, 3.05) is 10.5 Å². The quantitative estimate of drug-likeness (QED) is 0.484. The Balaban J connectivity index is 1.71. The second-order valence-corrected chi connectivity index (χ2v) is 9.67. The molecule has 33 heavy (non-hydrogen) atoms. The van der Waals surface area contributed by atoms with Gasteiger partial charge in [-0.15, -0.1) is 0 Å². The number of aliphatic imine (C=N–C) groups is 1. The Morgan fingerprint density at radius 1 is 1.09 bits per heavy atom. The van der Waals surface area contributed by atoms with Gasteiger partial charge in [0.2, 0.25) is 10.0 Å². The van der Waals surface area contributed by atoms with E-state index in [0.29, 0.717) is 17.8 Å². The third-order valence-electron chi connectivity index (χ3n) is 5.32. The summed E-state index contributed by atoms with van der Waals surface area (Å²) in [5.41, 5.74) is 1.82. The largest absolute Gasteiger partial charge is 0.293 e. The highest BCUT2D eigenvalue weighted by atomic mass is 32.2. The molecule has 1 unspecified atom stereocenters. The molecule has 2 aromatic carbocycles. The predicted molar refractivity (Wildman–Crippen MR) is 124 cm³/mol. The standard InChI is InChI=1S/C24H21F2N3O3S/c1-3-10-33(31,32)29-20-9-8-19(25)21(22(20)26)23(30)18-13-28-24-17(18)11-16(12-27-24)15-6-4-14(2)5-7-15/h4-9,11-13,18,29H,3,10H2,1-2H3. The minimum atomic E-state index is -3.83. The Labute approximate surface area is 190 Å². The molecule has 1 N–H and O–H groups in total. The Morgan fingerprint density at radius 2 is 1.82 bits per heavy atom. The molecule has 170 valence electrons. The smallest absolute Gasteiger partial charge is 0.232 e. The number of benzene rings is 2. The molecule has 6 nitrogen and oxygen atoms in total. The van der Waals surface area contributed by atoms with Gasteiger partial charge in [0.1, 0.15) is 5.82 Å². The van der Waals surface area contributed by atoms with Crippen LogP contribution in [0.15, 0.2) is 53.7 Å². The number of Topliss-reactive ketones (excluding diaryl/α,β-unsaturated/α-hetero) is 1. The predicted octanol–water partition coefficient (Wildman–Crippen LogP) is 5.17. The highest BCUT2D eigenvalue weighted by Crippen LogP contribution is 2.37. The van der Waals surface area contributed by atoms with E-state index >= 15 is 4.39 Å². The second kappa shape index (κ2) is 8.82. The van der Waals surface area contributed by atoms with Gasteiger partial charge in [-0.2, -0.15) is 0 Å². The van der Waals surface area contributed by atoms with E-state index in [1.54, 1.807) is 19.2 Å². The van der Waals surface area contributed by atoms with Gasteiger partial charge in [-0.3, -0.25) is 9.52 Å². The van der Waals surface area contributed by atoms with Gasteiger partial charge in [0.25, 0.3) is 0 Å². The first-order valence-electron chi connectivity index (χ1n) is 10.3. The first kappa shape index (κ1) is 22.7. The van der Waals surface area contributed by atoms with Crippen molar-refractivity contribution < 1.29 is 22.0 Å². The van der Waals surface area contributed by atoms with Crippen LogP contribution in [-0.4, -0.2) is 31.2 Å². The van der Waals surface area contributed by atoms with Crippen molar-refractivity contribution in [1.29, 1.82) is 0 Å². The maximum Gasteiger partial charge on any atom is 0.232 e. The van der Waals surface area contributed by atoms with Crippen LogP contribution >= 0.6 is 0 Å². The maximum atomic E-state index is 15.1. The van der Waals surface area contributed by atoms with Gasteiger partial charge in [-0.05, 0) is 37.1 Å². The summed E-state index contributed by atoms with van der Waals surface area (Å²) in [4.78, 5) is 21.6. The van der Waals surface area contributed by atoms with E-state index in [9.17, 15) is 17.6 Å². The number of aryl methyl sites for hydroxylation is 1. The van der Waals surface area contributed by atoms with Crippen LogP contribution in [0.1, 0.15) is 40.7 Å². The van der Waals surface area contributed by atoms with Gasteiger partial charge in [0.05, 0.1) is 22.9 Å². The van der Waals surface area contributed by atoms with E-state index < -0.39 is 44.6 Å². The molecular weight excluding hydrogens is 448 g/mol. The molecule has 0 saturated heterocycles. The lowest BCUT2D eigenvalue weighted by atomic mass is 9.91. The lowest BCUT2D eigenvalue weighted by molar-refractivity contribution is 0.0977. The Bertz CT molecular complexity index is 1370. The lowest BCUT2D eigenvalue weighted by Gasteiger charge is -2.14. The van der Waals surface area contributed by atoms with E-state index in [-0.39, 0.29) is 5.75 Å². The number of aromatic nitrogens is 1. The Hall–Kier alpha value is -3.46. The molecule has 0 bridgehead atoms. The fourth-order valence-corrected chi connectivity index (χ4v) is 4.78. The number of rotatable bonds is 7. The van der Waals surface area contributed by atoms with Gasteiger partial charge in [-0.1, -0.05) is 36.8 Å². The molecule has 1 atom stereocenters. The number of hydrogen-bond donors (Lipinski definition) is 1. The number of pyridine rings is 1. The number of carbonyl (C=O) groups excluding carboxylic acids is 1. The van der Waals surface area contributed by atoms with Crippen LogP contribution in [0.5, 0.6) is 0 Å². The molecule has 0 amide bonds. The van der Waals surface area contributed by atoms with Crippen LogP contribution in [0.2, 0.25) is 0 Å². The molecule has 1 aliphatic rings. The van der Waals surface area contributed by atoms with Crippen molar-refractivity contribution in [2.45, 2.75) is 26.2 Å². The van der Waals surface area contributed by atoms with Crippen molar-refractivity contribution in [3.8, 4) is 11.1 Å². The number of carbonyl (C=O) groups is 1. The van der Waals surface area contributed by atoms with Crippen molar-refractivity contribution in [3.05, 3.63) is 77.0 Å². The van der Waals surface area contributed by atoms with E-state index in [2.05, 4.69) is 14.7 Å². The normalized spacial score (nSPS) is 14.8. The Morgan fingerprint density at radius 3 is 2.52 bits per heavy atom. The van der Waals surface area contributed by atoms with E-state index in [1.165, 1.54) is 6.21 Å². The zero-order chi connectivity index (χ0) is 23.8. The summed E-state index contributed by atoms with van der Waals surface area (Å²) in [6, 6.07) is 11.3. The molecule has 0 aliphatic carbocycles. The fraction of sp³-hybridized carbons (Fsp3) is 0.208. The average Bonchev–Trinajstić information content (AvgIpc) is 3.19. The number of sulfonamides is 1. The number of ketones is 1. The van der Waals surface area contributed by atoms with Gasteiger partial charge < -0.3 is 0 Å². The SMILES string of the molecule is CCCS(=O)(=O)Nc1ccc(F)c(C(=O)C2C=Nc3ncc(-c4ccc(C)cc4)cc32)c1F. The van der Waals surface area contributed by atoms with Crippen molar-refractivity contribution in [3.63, 3.8) is 0 Å². The number of nitrogens with one attached hydrogen (secondary N) is 1. The number of hydrogen-bond acceptors (Lipinski definition) is 5. The van der Waals surface area contributed by atoms with Gasteiger partial charge >= 0.3 is 0 Å². The molecule has 0 radical (unpaired) electrons. The minimum absolute atomic E-state index is 0.233. The van der Waals surface area contributed by atoms with Crippen LogP contribution in [0, 0.1) is 18.6 Å². The highest BCUT2D eigenvalue weighted by Gasteiger charge is 2.33. The van der Waals surface area contributed by atoms with Crippen LogP contribution in [0.3, 0.4) is 0 Å². The Kier molecular flexibility index (Phi) is 6.07. The van der Waals surface area contributed by atoms with Gasteiger partial charge in [0, 0.05) is 23.5 Å². The monoisotopic (exact) mass is 469 g/mol. The minimum Gasteiger partial charge on any atom is -0.293 e. The third-order valence-corrected chi connectivity index (χ3v) is 6.80. The molecule has 1 aliphatic heterocycles. The van der Waals surface area contributed by atoms with Gasteiger partial charge in [-0.25, -0.2) is 27.2 Å². The fourth-order valence-electron chi connectivity index (χ4n) is 3.65. The summed E-state index contributed by atoms with van der Waals surface area (Å²) in [5, 5.41) is 0. The molecule has 9 heteroatoms. The molecule has 1 aromatic heterocycles. The summed E-state index contributed by atoms with van der Waals surface area (Å²) in [7, 11) is -3.83. The highest BCUT2D eigenvalue weighted by molar-refractivity contribution is 7.92. The molecule has 0 spiro atoms. The molecule has 0 fully saturated rings. The number of halogens is 2. The van der Waals surface area contributed by atoms with Gasteiger partial charge in [0.15, 0.2) is 17.4 Å². The van der Waals surface area contributed by atoms with Crippen LogP contribution in [-0.2, 0) is 10.0 Å². The van der Waals surface area contributed by atoms with E-state index in [0.717, 1.165) is 28.8 Å². The van der Waals surface area contributed by atoms with Crippen molar-refractivity contribution >= 4 is 33.5 Å². The summed E-state index contributed by atoms with van der Waals surface area (Å²) in [6.45, 7) is 3.62. The average molecular weight is 470 g/mol. The third kappa shape index (κ3) is 4.54. The first-order chi connectivity index (χ1) is 15.7. The second-order valence-electron chi connectivity index (χ2n) is 7.83. The number of anilines is 1. The van der Waals surface area contributed by atoms with Crippen molar-refractivity contribution in [2.24, 2.45) is 4.99 Å². The van der Waals surface area contributed by atoms with Crippen LogP contribution < -0.4 is 4.72 Å². The summed E-state index contributed by atoms with van der Waals surface area (Å²) >= 11 is 0. The zero-order valence-corrected chi connectivity index (χ0v) is 18.8. The van der Waals surface area contributed by atoms with Crippen LogP contribution in [0.25, 0.3) is 11.1 Å². The summed E-state index contributed by atoms with van der Waals surface area (Å²) < 4.78 is 55.9. The van der Waals surface area contributed by atoms with E-state index in [1.807, 2.05) is 31.2 Å². The van der Waals surface area contributed by atoms with E-state index in [4.69, 9.17) is 0 Å². The molecule has 3 aromatic rings. The van der Waals surface area contributed by atoms with Crippen molar-refractivity contribution in [1.82, 2.24) is 4.98 Å². The first-order valence-corrected chi connectivity index (χ1v) is 12.0. The topological polar surface area (TPSA) is 88.5 Å². The maximum absolute atomic E-state index is 15.1. The number of nitrogens with zero attached hydrogens (tertiary/aromatic N) is 2. The number of fused-ring (bicyclic) bond motifs is 1. The zero-order valence-electron chi connectivity index (χ0n) is 18.0. The molecule has 0 saturated carbocycles. The summed E-state index contributed by atoms with van der Waals surface area (Å²) in [5.74, 6) is -4.20. The molecular formula is C24H21F2N3O3S. The summed E-state index contributed by atoms with van der Waals surface area (Å²) in [6.07, 6.45) is 3.24.